The maximum absolute atomic E-state index is 13.4. The van der Waals surface area contributed by atoms with E-state index in [0.29, 0.717) is 12.8 Å². The van der Waals surface area contributed by atoms with Gasteiger partial charge in [0.1, 0.15) is 0 Å². The number of hydrazone groups is 1. The van der Waals surface area contributed by atoms with E-state index in [1.54, 1.807) is 19.1 Å². The van der Waals surface area contributed by atoms with Crippen LogP contribution in [0.2, 0.25) is 0 Å². The Hall–Kier alpha value is -1.89. The van der Waals surface area contributed by atoms with Gasteiger partial charge in [-0.1, -0.05) is 46.2 Å². The Morgan fingerprint density at radius 1 is 1.24 bits per heavy atom. The van der Waals surface area contributed by atoms with Crippen molar-refractivity contribution in [3.8, 4) is 0 Å². The van der Waals surface area contributed by atoms with Crippen LogP contribution in [0.25, 0.3) is 0 Å². The molecule has 1 aromatic carbocycles. The second-order valence-corrected chi connectivity index (χ2v) is 7.35. The lowest BCUT2D eigenvalue weighted by Crippen LogP contribution is -2.56. The van der Waals surface area contributed by atoms with Crippen molar-refractivity contribution in [2.75, 3.05) is 0 Å². The number of alkyl halides is 3. The number of aliphatic hydroxyl groups is 1. The third kappa shape index (κ3) is 3.71. The first kappa shape index (κ1) is 19.4. The smallest absolute Gasteiger partial charge is 0.362 e. The molecule has 1 aliphatic rings. The zero-order valence-corrected chi connectivity index (χ0v) is 14.8. The topological polar surface area (TPSA) is 52.9 Å². The number of carbonyl (C=O) groups is 1. The third-order valence-corrected chi connectivity index (χ3v) is 4.23. The second-order valence-electron chi connectivity index (χ2n) is 7.35. The Morgan fingerprint density at radius 3 is 2.24 bits per heavy atom. The summed E-state index contributed by atoms with van der Waals surface area (Å²) in [5, 5.41) is 14.1. The number of hydrogen-bond donors (Lipinski definition) is 1. The summed E-state index contributed by atoms with van der Waals surface area (Å²) in [4.78, 5) is 12.6. The Balaban J connectivity index is 2.37. The summed E-state index contributed by atoms with van der Waals surface area (Å²) in [6.45, 7) is 7.78. The average molecular weight is 356 g/mol. The van der Waals surface area contributed by atoms with Crippen molar-refractivity contribution >= 4 is 11.6 Å². The number of rotatable bonds is 3. The highest BCUT2D eigenvalue weighted by Gasteiger charge is 2.63. The van der Waals surface area contributed by atoms with Gasteiger partial charge in [0.05, 0.1) is 0 Å². The van der Waals surface area contributed by atoms with Crippen LogP contribution in [0.5, 0.6) is 0 Å². The van der Waals surface area contributed by atoms with Crippen molar-refractivity contribution in [1.82, 2.24) is 5.01 Å². The van der Waals surface area contributed by atoms with Gasteiger partial charge in [0.25, 0.3) is 11.6 Å². The van der Waals surface area contributed by atoms with Crippen LogP contribution in [0.15, 0.2) is 29.4 Å². The van der Waals surface area contributed by atoms with E-state index in [1.165, 1.54) is 12.1 Å². The number of halogens is 3. The van der Waals surface area contributed by atoms with Crippen LogP contribution in [0.1, 0.15) is 62.9 Å². The molecule has 0 saturated heterocycles. The molecule has 1 aliphatic heterocycles. The van der Waals surface area contributed by atoms with Gasteiger partial charge in [0.2, 0.25) is 0 Å². The van der Waals surface area contributed by atoms with Crippen LogP contribution in [-0.4, -0.2) is 33.6 Å². The Bertz CT molecular complexity index is 675. The fourth-order valence-corrected chi connectivity index (χ4v) is 2.71. The van der Waals surface area contributed by atoms with Gasteiger partial charge in [0, 0.05) is 17.7 Å². The van der Waals surface area contributed by atoms with Crippen LogP contribution in [0, 0.1) is 0 Å². The van der Waals surface area contributed by atoms with Gasteiger partial charge in [-0.05, 0) is 29.5 Å². The molecule has 25 heavy (non-hydrogen) atoms. The molecule has 7 heteroatoms. The fraction of sp³-hybridized carbons (Fsp3) is 0.556. The number of hydrogen-bond acceptors (Lipinski definition) is 3. The van der Waals surface area contributed by atoms with E-state index in [9.17, 15) is 23.1 Å². The Labute approximate surface area is 145 Å². The molecule has 0 radical (unpaired) electrons. The molecule has 0 unspecified atom stereocenters. The first-order chi connectivity index (χ1) is 11.4. The molecule has 1 aromatic rings. The SMILES string of the molecule is CCCC1=NN(C(=O)c2ccc(C(C)(C)C)cc2)[C@@](O)(C(F)(F)F)C1. The molecule has 1 amide bonds. The van der Waals surface area contributed by atoms with E-state index in [-0.39, 0.29) is 21.7 Å². The predicted molar refractivity (Wildman–Crippen MR) is 89.3 cm³/mol. The van der Waals surface area contributed by atoms with Gasteiger partial charge in [-0.3, -0.25) is 4.79 Å². The number of nitrogens with zero attached hydrogens (tertiary/aromatic N) is 2. The lowest BCUT2D eigenvalue weighted by molar-refractivity contribution is -0.297. The van der Waals surface area contributed by atoms with E-state index in [4.69, 9.17) is 0 Å². The number of amides is 1. The molecule has 1 atom stereocenters. The fourth-order valence-electron chi connectivity index (χ4n) is 2.71. The quantitative estimate of drug-likeness (QED) is 0.881. The van der Waals surface area contributed by atoms with Gasteiger partial charge in [-0.15, -0.1) is 0 Å². The van der Waals surface area contributed by atoms with Crippen LogP contribution < -0.4 is 0 Å². The van der Waals surface area contributed by atoms with Crippen LogP contribution in [0.4, 0.5) is 13.2 Å². The molecule has 2 rings (SSSR count). The number of benzene rings is 1. The minimum absolute atomic E-state index is 0.0529. The molecular weight excluding hydrogens is 333 g/mol. The summed E-state index contributed by atoms with van der Waals surface area (Å²) in [6.07, 6.45) is -4.83. The van der Waals surface area contributed by atoms with Gasteiger partial charge in [-0.2, -0.15) is 23.3 Å². The van der Waals surface area contributed by atoms with Crippen LogP contribution >= 0.6 is 0 Å². The van der Waals surface area contributed by atoms with E-state index in [1.807, 2.05) is 20.8 Å². The summed E-state index contributed by atoms with van der Waals surface area (Å²) in [5.74, 6) is -0.966. The van der Waals surface area contributed by atoms with E-state index >= 15 is 0 Å². The molecular formula is C18H23F3N2O2. The zero-order valence-electron chi connectivity index (χ0n) is 14.8. The zero-order chi connectivity index (χ0) is 19.0. The molecule has 4 nitrogen and oxygen atoms in total. The minimum atomic E-state index is -4.99. The summed E-state index contributed by atoms with van der Waals surface area (Å²) < 4.78 is 40.2. The van der Waals surface area contributed by atoms with E-state index in [0.717, 1.165) is 5.56 Å². The summed E-state index contributed by atoms with van der Waals surface area (Å²) in [5.41, 5.74) is -2.27. The van der Waals surface area contributed by atoms with Crippen molar-refractivity contribution in [2.24, 2.45) is 5.10 Å². The summed E-state index contributed by atoms with van der Waals surface area (Å²) in [6, 6.07) is 6.33. The molecule has 0 fully saturated rings. The van der Waals surface area contributed by atoms with Gasteiger partial charge >= 0.3 is 6.18 Å². The van der Waals surface area contributed by atoms with Gasteiger partial charge < -0.3 is 5.11 Å². The van der Waals surface area contributed by atoms with Crippen molar-refractivity contribution in [3.63, 3.8) is 0 Å². The molecule has 0 spiro atoms. The molecule has 0 aromatic heterocycles. The van der Waals surface area contributed by atoms with Crippen LogP contribution in [-0.2, 0) is 5.41 Å². The van der Waals surface area contributed by atoms with E-state index < -0.39 is 24.2 Å². The first-order valence-corrected chi connectivity index (χ1v) is 8.20. The molecule has 1 N–H and O–H groups in total. The molecule has 0 aliphatic carbocycles. The van der Waals surface area contributed by atoms with E-state index in [2.05, 4.69) is 5.10 Å². The molecule has 1 heterocycles. The number of carbonyl (C=O) groups excluding carboxylic acids is 1. The van der Waals surface area contributed by atoms with Crippen molar-refractivity contribution < 1.29 is 23.1 Å². The summed E-state index contributed by atoms with van der Waals surface area (Å²) in [7, 11) is 0. The molecule has 138 valence electrons. The largest absolute Gasteiger partial charge is 0.438 e. The Kier molecular flexibility index (Phi) is 5.01. The van der Waals surface area contributed by atoms with Gasteiger partial charge in [0.15, 0.2) is 0 Å². The van der Waals surface area contributed by atoms with Crippen molar-refractivity contribution in [1.29, 1.82) is 0 Å². The minimum Gasteiger partial charge on any atom is -0.362 e. The second kappa shape index (κ2) is 6.44. The van der Waals surface area contributed by atoms with Crippen molar-refractivity contribution in [2.45, 2.75) is 64.3 Å². The van der Waals surface area contributed by atoms with Gasteiger partial charge in [-0.25, -0.2) is 0 Å². The molecule has 0 saturated carbocycles. The lowest BCUT2D eigenvalue weighted by Gasteiger charge is -2.32. The van der Waals surface area contributed by atoms with Crippen molar-refractivity contribution in [3.05, 3.63) is 35.4 Å². The standard InChI is InChI=1S/C18H23F3N2O2/c1-5-6-14-11-17(25,18(19,20)21)23(22-14)15(24)12-7-9-13(10-8-12)16(2,3)4/h7-10,25H,5-6,11H2,1-4H3/t17-/m0/s1. The normalized spacial score (nSPS) is 21.4. The average Bonchev–Trinajstić information content (AvgIpc) is 2.84. The third-order valence-electron chi connectivity index (χ3n) is 4.23. The predicted octanol–water partition coefficient (Wildman–Crippen LogP) is 4.24. The molecule has 0 bridgehead atoms. The first-order valence-electron chi connectivity index (χ1n) is 8.20. The maximum Gasteiger partial charge on any atom is 0.438 e. The Morgan fingerprint density at radius 2 is 1.80 bits per heavy atom. The lowest BCUT2D eigenvalue weighted by atomic mass is 9.86. The maximum atomic E-state index is 13.4. The highest BCUT2D eigenvalue weighted by Crippen LogP contribution is 2.41. The highest BCUT2D eigenvalue weighted by molar-refractivity contribution is 5.98. The summed E-state index contributed by atoms with van der Waals surface area (Å²) >= 11 is 0. The monoisotopic (exact) mass is 356 g/mol. The highest BCUT2D eigenvalue weighted by atomic mass is 19.4. The van der Waals surface area contributed by atoms with Crippen LogP contribution in [0.3, 0.4) is 0 Å².